The average molecular weight is 543 g/mol. The highest BCUT2D eigenvalue weighted by Gasteiger charge is 2.75. The number of benzene rings is 1. The van der Waals surface area contributed by atoms with Crippen molar-refractivity contribution in [2.75, 3.05) is 39.6 Å². The van der Waals surface area contributed by atoms with Gasteiger partial charge in [-0.2, -0.15) is 0 Å². The van der Waals surface area contributed by atoms with Crippen LogP contribution in [-0.4, -0.2) is 70.5 Å². The average Bonchev–Trinajstić information content (AvgIpc) is 3.18. The molecule has 11 heteroatoms. The Labute approximate surface area is 225 Å². The largest absolute Gasteiger partial charge is 0.491 e. The van der Waals surface area contributed by atoms with Crippen molar-refractivity contribution in [3.63, 3.8) is 0 Å². The van der Waals surface area contributed by atoms with Crippen LogP contribution in [0.1, 0.15) is 59.1 Å². The van der Waals surface area contributed by atoms with Crippen molar-refractivity contribution in [3.8, 4) is 5.75 Å². The smallest absolute Gasteiger partial charge is 0.260 e. The van der Waals surface area contributed by atoms with E-state index in [-0.39, 0.29) is 36.8 Å². The Morgan fingerprint density at radius 1 is 1.23 bits per heavy atom. The molecule has 2 aromatic heterocycles. The summed E-state index contributed by atoms with van der Waals surface area (Å²) < 4.78 is 52.1. The van der Waals surface area contributed by atoms with Crippen LogP contribution >= 0.6 is 0 Å². The van der Waals surface area contributed by atoms with Crippen LogP contribution in [0.4, 0.5) is 19.1 Å². The molecule has 208 valence electrons. The number of alkyl halides is 2. The fourth-order valence-corrected chi connectivity index (χ4v) is 5.70. The van der Waals surface area contributed by atoms with Crippen LogP contribution in [0.3, 0.4) is 0 Å². The summed E-state index contributed by atoms with van der Waals surface area (Å²) in [5.41, 5.74) is 1.12. The number of carbonyl (C=O) groups is 1. The number of fused-ring (bicyclic) bond motifs is 2. The van der Waals surface area contributed by atoms with Crippen LogP contribution in [0.15, 0.2) is 36.8 Å². The SMILES string of the molecule is CCOc1cc([C@@H](C)N2C[C@@]3(CC3(F)F)c3c(CN(C)C)cc(Cn4ccnc4NC)cc3C2=O)ncc1F. The molecule has 2 atom stereocenters. The number of rotatable bonds is 9. The van der Waals surface area contributed by atoms with Crippen molar-refractivity contribution in [2.45, 2.75) is 50.7 Å². The summed E-state index contributed by atoms with van der Waals surface area (Å²) in [5.74, 6) is -3.26. The first-order valence-electron chi connectivity index (χ1n) is 13.0. The summed E-state index contributed by atoms with van der Waals surface area (Å²) in [6.07, 6.45) is 4.19. The summed E-state index contributed by atoms with van der Waals surface area (Å²) in [7, 11) is 5.52. The van der Waals surface area contributed by atoms with Crippen LogP contribution in [-0.2, 0) is 18.5 Å². The Hall–Kier alpha value is -3.60. The molecule has 1 N–H and O–H groups in total. The summed E-state index contributed by atoms with van der Waals surface area (Å²) in [4.78, 5) is 25.9. The van der Waals surface area contributed by atoms with E-state index in [2.05, 4.69) is 15.3 Å². The third-order valence-electron chi connectivity index (χ3n) is 7.60. The van der Waals surface area contributed by atoms with E-state index >= 15 is 8.78 Å². The fourth-order valence-electron chi connectivity index (χ4n) is 5.70. The Morgan fingerprint density at radius 3 is 2.62 bits per heavy atom. The van der Waals surface area contributed by atoms with Gasteiger partial charge < -0.3 is 24.4 Å². The highest BCUT2D eigenvalue weighted by atomic mass is 19.3. The maximum Gasteiger partial charge on any atom is 0.260 e. The summed E-state index contributed by atoms with van der Waals surface area (Å²) in [6, 6.07) is 4.42. The van der Waals surface area contributed by atoms with E-state index in [1.54, 1.807) is 33.2 Å². The highest BCUT2D eigenvalue weighted by molar-refractivity contribution is 5.99. The van der Waals surface area contributed by atoms with E-state index in [4.69, 9.17) is 4.74 Å². The molecule has 0 radical (unpaired) electrons. The summed E-state index contributed by atoms with van der Waals surface area (Å²) >= 11 is 0. The number of nitrogens with one attached hydrogen (secondary N) is 1. The fraction of sp³-hybridized carbons (Fsp3) is 0.464. The molecule has 39 heavy (non-hydrogen) atoms. The van der Waals surface area contributed by atoms with Gasteiger partial charge in [0.1, 0.15) is 0 Å². The summed E-state index contributed by atoms with van der Waals surface area (Å²) in [6.45, 7) is 4.39. The Kier molecular flexibility index (Phi) is 6.82. The third kappa shape index (κ3) is 4.62. The Morgan fingerprint density at radius 2 is 1.97 bits per heavy atom. The maximum atomic E-state index is 15.3. The number of aromatic nitrogens is 3. The van der Waals surface area contributed by atoms with Gasteiger partial charge in [-0.25, -0.2) is 18.2 Å². The van der Waals surface area contributed by atoms with Crippen molar-refractivity contribution >= 4 is 11.9 Å². The minimum Gasteiger partial charge on any atom is -0.491 e. The number of amides is 1. The molecule has 0 bridgehead atoms. The van der Waals surface area contributed by atoms with E-state index < -0.39 is 23.2 Å². The van der Waals surface area contributed by atoms with Gasteiger partial charge in [-0.1, -0.05) is 6.07 Å². The number of hydrogen-bond acceptors (Lipinski definition) is 6. The lowest BCUT2D eigenvalue weighted by Gasteiger charge is -2.40. The zero-order chi connectivity index (χ0) is 28.1. The summed E-state index contributed by atoms with van der Waals surface area (Å²) in [5, 5.41) is 3.03. The lowest BCUT2D eigenvalue weighted by molar-refractivity contribution is 0.0450. The third-order valence-corrected chi connectivity index (χ3v) is 7.60. The van der Waals surface area contributed by atoms with Crippen LogP contribution < -0.4 is 10.1 Å². The van der Waals surface area contributed by atoms with Crippen LogP contribution in [0.5, 0.6) is 5.75 Å². The molecule has 1 saturated carbocycles. The zero-order valence-electron chi connectivity index (χ0n) is 22.8. The Bertz CT molecular complexity index is 1410. The Balaban J connectivity index is 1.61. The van der Waals surface area contributed by atoms with Gasteiger partial charge >= 0.3 is 0 Å². The molecule has 3 heterocycles. The van der Waals surface area contributed by atoms with E-state index in [0.29, 0.717) is 30.3 Å². The van der Waals surface area contributed by atoms with E-state index in [1.807, 2.05) is 35.8 Å². The van der Waals surface area contributed by atoms with E-state index in [9.17, 15) is 9.18 Å². The van der Waals surface area contributed by atoms with Gasteiger partial charge in [0, 0.05) is 50.6 Å². The predicted molar refractivity (Wildman–Crippen MR) is 141 cm³/mol. The molecule has 1 aliphatic heterocycles. The normalized spacial score (nSPS) is 20.3. The molecule has 2 aliphatic rings. The molecule has 1 aliphatic carbocycles. The number of pyridine rings is 1. The van der Waals surface area contributed by atoms with Gasteiger partial charge in [0.25, 0.3) is 11.8 Å². The van der Waals surface area contributed by atoms with Crippen molar-refractivity contribution in [1.29, 1.82) is 0 Å². The molecule has 1 spiro atoms. The van der Waals surface area contributed by atoms with Gasteiger partial charge in [-0.05, 0) is 50.7 Å². The molecule has 3 aromatic rings. The number of ether oxygens (including phenoxy) is 1. The van der Waals surface area contributed by atoms with E-state index in [0.717, 1.165) is 17.3 Å². The van der Waals surface area contributed by atoms with Gasteiger partial charge in [-0.15, -0.1) is 0 Å². The maximum absolute atomic E-state index is 15.3. The number of imidazole rings is 1. The lowest BCUT2D eigenvalue weighted by atomic mass is 9.80. The first kappa shape index (κ1) is 27.0. The number of halogens is 3. The first-order valence-corrected chi connectivity index (χ1v) is 13.0. The second kappa shape index (κ2) is 9.86. The minimum absolute atomic E-state index is 0.0156. The standard InChI is InChI=1S/C28H33F3N6O2/c1-6-39-23-11-22(34-12-21(23)29)17(2)37-16-27(15-28(27,30)31)24-19(14-35(4)5)9-18(10-20(24)25(37)38)13-36-8-7-33-26(36)32-3/h7-12,17H,6,13-16H2,1-5H3,(H,32,33)/t17-,27+/m1/s1. The molecule has 5 rings (SSSR count). The number of nitrogens with zero attached hydrogens (tertiary/aromatic N) is 5. The van der Waals surface area contributed by atoms with Crippen molar-refractivity contribution in [1.82, 2.24) is 24.3 Å². The lowest BCUT2D eigenvalue weighted by Crippen LogP contribution is -2.47. The number of anilines is 1. The van der Waals surface area contributed by atoms with Crippen molar-refractivity contribution in [3.05, 3.63) is 70.6 Å². The molecule has 0 unspecified atom stereocenters. The second-order valence-electron chi connectivity index (χ2n) is 10.6. The number of hydrogen-bond donors (Lipinski definition) is 1. The van der Waals surface area contributed by atoms with Crippen LogP contribution in [0, 0.1) is 5.82 Å². The molecule has 0 saturated heterocycles. The topological polar surface area (TPSA) is 75.5 Å². The van der Waals surface area contributed by atoms with Crippen molar-refractivity contribution in [2.24, 2.45) is 0 Å². The number of carbonyl (C=O) groups excluding carboxylic acids is 1. The van der Waals surface area contributed by atoms with Gasteiger partial charge in [0.2, 0.25) is 5.95 Å². The van der Waals surface area contributed by atoms with Crippen molar-refractivity contribution < 1.29 is 22.7 Å². The second-order valence-corrected chi connectivity index (χ2v) is 10.6. The van der Waals surface area contributed by atoms with E-state index in [1.165, 1.54) is 11.0 Å². The molecular formula is C28H33F3N6O2. The van der Waals surface area contributed by atoms with Crippen LogP contribution in [0.25, 0.3) is 0 Å². The van der Waals surface area contributed by atoms with Gasteiger partial charge in [0.15, 0.2) is 11.6 Å². The molecular weight excluding hydrogens is 509 g/mol. The minimum atomic E-state index is -2.96. The highest BCUT2D eigenvalue weighted by Crippen LogP contribution is 2.65. The molecule has 1 amide bonds. The van der Waals surface area contributed by atoms with Crippen LogP contribution in [0.2, 0.25) is 0 Å². The monoisotopic (exact) mass is 542 g/mol. The molecule has 1 fully saturated rings. The first-order chi connectivity index (χ1) is 18.5. The quantitative estimate of drug-likeness (QED) is 0.430. The zero-order valence-corrected chi connectivity index (χ0v) is 22.8. The van der Waals surface area contributed by atoms with Gasteiger partial charge in [0.05, 0.1) is 36.5 Å². The molecule has 8 nitrogen and oxygen atoms in total. The molecule has 1 aromatic carbocycles. The predicted octanol–water partition coefficient (Wildman–Crippen LogP) is 4.46. The van der Waals surface area contributed by atoms with Gasteiger partial charge in [-0.3, -0.25) is 9.78 Å².